The number of amides is 15. The highest BCUT2D eigenvalue weighted by molar-refractivity contribution is 7.80. The van der Waals surface area contributed by atoms with Crippen molar-refractivity contribution in [3.8, 4) is 0 Å². The van der Waals surface area contributed by atoms with Crippen LogP contribution in [0.2, 0.25) is 0 Å². The molecule has 0 spiro atoms. The zero-order chi connectivity index (χ0) is 108. The summed E-state index contributed by atoms with van der Waals surface area (Å²) in [5.74, 6) is -17.9. The van der Waals surface area contributed by atoms with Crippen LogP contribution < -0.4 is 80.6 Å². The van der Waals surface area contributed by atoms with E-state index in [9.17, 15) is 92.3 Å². The molecular formula is C97H148N22O26S2. The summed E-state index contributed by atoms with van der Waals surface area (Å²) in [6.45, 7) is -0.961. The third-order valence-corrected chi connectivity index (χ3v) is 25.3. The monoisotopic (exact) mass is 2100 g/mol. The first-order valence-corrected chi connectivity index (χ1v) is 51.4. The summed E-state index contributed by atoms with van der Waals surface area (Å²) in [5.41, 5.74) is 13.5. The van der Waals surface area contributed by atoms with Crippen LogP contribution in [0.1, 0.15) is 210 Å². The van der Waals surface area contributed by atoms with Gasteiger partial charge in [-0.15, -0.1) is 0 Å². The molecule has 2 saturated heterocycles. The molecule has 4 aromatic rings. The van der Waals surface area contributed by atoms with Gasteiger partial charge in [0, 0.05) is 107 Å². The molecule has 0 saturated carbocycles. The molecule has 12 atom stereocenters. The molecule has 2 fully saturated rings. The van der Waals surface area contributed by atoms with Gasteiger partial charge in [-0.05, 0) is 132 Å². The van der Waals surface area contributed by atoms with Gasteiger partial charge in [0.1, 0.15) is 79.1 Å². The fourth-order valence-electron chi connectivity index (χ4n) is 17.0. The number of nitrogens with two attached hydrogens (primary N) is 2. The molecule has 0 radical (unpaired) electrons. The number of aromatic nitrogens is 3. The van der Waals surface area contributed by atoms with E-state index >= 15 is 19.2 Å². The number of aliphatic carboxylic acids is 4. The van der Waals surface area contributed by atoms with Gasteiger partial charge < -0.3 is 135 Å². The van der Waals surface area contributed by atoms with E-state index < -0.39 is 218 Å². The van der Waals surface area contributed by atoms with Gasteiger partial charge in [-0.2, -0.15) is 25.3 Å². The average molecular weight is 2100 g/mol. The highest BCUT2D eigenvalue weighted by atomic mass is 32.1. The Balaban J connectivity index is 1.08. The number of aliphatic hydroxyl groups is 1. The number of ether oxygens (including phenoxy) is 2. The molecular weight excluding hydrogens is 1950 g/mol. The number of aromatic amines is 2. The third-order valence-electron chi connectivity index (χ3n) is 24.7. The second-order valence-electron chi connectivity index (χ2n) is 36.4. The summed E-state index contributed by atoms with van der Waals surface area (Å²) in [7, 11) is 0. The van der Waals surface area contributed by atoms with Crippen LogP contribution in [0.4, 0.5) is 0 Å². The van der Waals surface area contributed by atoms with Crippen molar-refractivity contribution >= 4 is 155 Å². The van der Waals surface area contributed by atoms with E-state index in [2.05, 4.69) is 109 Å². The molecule has 25 N–H and O–H groups in total. The number of benzene rings is 2. The van der Waals surface area contributed by atoms with Crippen LogP contribution in [0.3, 0.4) is 0 Å². The number of aliphatic hydroxyl groups excluding tert-OH is 1. The number of H-pyrrole nitrogens is 2. The second kappa shape index (κ2) is 68.4. The maximum Gasteiger partial charge on any atom is 0.317 e. The van der Waals surface area contributed by atoms with Crippen LogP contribution >= 0.6 is 25.3 Å². The molecule has 15 amide bonds. The number of guanidine groups is 1. The number of carbonyl (C=O) groups is 19. The Morgan fingerprint density at radius 1 is 0.469 bits per heavy atom. The Bertz CT molecular complexity index is 4910. The number of para-hydroxylation sites is 1. The number of likely N-dealkylation sites (tertiary alicyclic amines) is 2. The predicted octanol–water partition coefficient (Wildman–Crippen LogP) is -0.752. The molecule has 4 heterocycles. The SMILES string of the molecule is CC(=O)N[C@@H](CCS)C(=O)N[C@@H](Cc1c[nH]cn1)C(=O)N[C@H](Cc1ccccc1)C(=O)N[C@@H](CCCNC(=N)N)C(=O)N[C@@H](Cc1c[nH]c2ccccc12)C(=O)N[C@@H](CS)C(=O)N1CCC[C@H]1C(=O)N1CCC[C@H]1C(=O)N[C@@H](CO)C(=O)N[C@@H](CCC(=O)O)C(=O)N[C@@H](CCCCN(CC(=O)O)CC(=O)O)C(=O)N[C@@H](CCCCNC(=O)COCCOCCNC(=O)CCCCCCCCCCCCCCC(=O)O)C(N)=O. The molecule has 2 aromatic heterocycles. The molecule has 814 valence electrons. The fourth-order valence-corrected chi connectivity index (χ4v) is 17.6. The lowest BCUT2D eigenvalue weighted by Gasteiger charge is -2.33. The minimum atomic E-state index is -1.91. The topological polar surface area (TPSA) is 730 Å². The van der Waals surface area contributed by atoms with E-state index in [1.165, 1.54) is 42.1 Å². The Morgan fingerprint density at radius 2 is 0.959 bits per heavy atom. The predicted molar refractivity (Wildman–Crippen MR) is 543 cm³/mol. The molecule has 2 aromatic carbocycles. The van der Waals surface area contributed by atoms with Crippen LogP contribution in [0, 0.1) is 5.41 Å². The average Bonchev–Trinajstić information content (AvgIpc) is 1.66. The smallest absolute Gasteiger partial charge is 0.317 e. The van der Waals surface area contributed by atoms with Gasteiger partial charge >= 0.3 is 23.9 Å². The van der Waals surface area contributed by atoms with E-state index in [0.29, 0.717) is 40.7 Å². The van der Waals surface area contributed by atoms with Gasteiger partial charge in [0.25, 0.3) is 0 Å². The molecule has 50 heteroatoms. The summed E-state index contributed by atoms with van der Waals surface area (Å²) < 4.78 is 10.9. The molecule has 0 bridgehead atoms. The molecule has 48 nitrogen and oxygen atoms in total. The van der Waals surface area contributed by atoms with E-state index in [-0.39, 0.29) is 186 Å². The highest BCUT2D eigenvalue weighted by Crippen LogP contribution is 2.28. The number of hydrogen-bond acceptors (Lipinski definition) is 27. The van der Waals surface area contributed by atoms with Gasteiger partial charge in [0.05, 0.1) is 51.5 Å². The maximum atomic E-state index is 15.2. The molecule has 0 aliphatic carbocycles. The number of thiol groups is 2. The number of carboxylic acid groups (broad SMARTS) is 4. The number of rotatable bonds is 76. The Morgan fingerprint density at radius 3 is 1.52 bits per heavy atom. The first-order chi connectivity index (χ1) is 70.5. The molecule has 2 aliphatic rings. The first-order valence-electron chi connectivity index (χ1n) is 50.2. The van der Waals surface area contributed by atoms with E-state index in [4.69, 9.17) is 31.5 Å². The van der Waals surface area contributed by atoms with Gasteiger partial charge in [0.2, 0.25) is 88.6 Å². The van der Waals surface area contributed by atoms with E-state index in [1.54, 1.807) is 60.8 Å². The number of hydrogen-bond donors (Lipinski definition) is 25. The standard InChI is InChI=1S/C97H148N22O26S2/c1-61(121)107-71(39-49-146)89(136)114-74(52-64-54-101-60-106-64)92(139)112-72(50-62-26-13-12-14-27-62)90(137)110-69(32-23-41-104-97(99)100)87(134)113-73(51-63-53-105-66-29-18-17-28-65(63)66)91(138)116-76(59-147)95(142)119-45-25-34-78(119)96(143)118-44-24-33-77(118)94(141)115-75(57-120)93(140)111-70(37-38-82(126)127)88(135)109-68(31-20-22-43-117(55-83(128)129)56-84(130)131)86(133)108-67(85(98)132)30-19-21-40-102-80(123)58-145-48-47-144-46-42-103-79(122)35-15-10-8-6-4-2-3-5-7-9-11-16-36-81(124)125/h12-14,17-18,26-29,53-54,60,67-78,105,120,146-147H,2-11,15-16,19-25,30-52,55-59H2,1H3,(H2,98,132)(H,101,106)(H,102,123)(H,103,122)(H,107,121)(H,108,133)(H,109,135)(H,110,137)(H,111,140)(H,112,139)(H,113,134)(H,114,136)(H,115,141)(H,116,138)(H,124,125)(H,126,127)(H,128,129)(H,130,131)(H4,99,100,104)/t67-,68-,69-,70-,71-,72+,73-,74-,75-,76-,77-,78-/m0/s1. The largest absolute Gasteiger partial charge is 0.481 e. The number of carbonyl (C=O) groups excluding carboxylic acids is 15. The summed E-state index contributed by atoms with van der Waals surface area (Å²) in [6.07, 6.45) is 16.0. The summed E-state index contributed by atoms with van der Waals surface area (Å²) >= 11 is 8.74. The van der Waals surface area contributed by atoms with Crippen molar-refractivity contribution in [1.82, 2.24) is 98.8 Å². The van der Waals surface area contributed by atoms with Crippen molar-refractivity contribution < 1.29 is 126 Å². The van der Waals surface area contributed by atoms with Gasteiger partial charge in [0.15, 0.2) is 5.96 Å². The van der Waals surface area contributed by atoms with Crippen molar-refractivity contribution in [3.63, 3.8) is 0 Å². The van der Waals surface area contributed by atoms with Crippen LogP contribution in [-0.4, -0.2) is 343 Å². The summed E-state index contributed by atoms with van der Waals surface area (Å²) in [4.78, 5) is 271. The number of nitrogens with one attached hydrogen (secondary N) is 16. The molecule has 0 unspecified atom stereocenters. The van der Waals surface area contributed by atoms with Crippen molar-refractivity contribution in [2.24, 2.45) is 11.5 Å². The van der Waals surface area contributed by atoms with Gasteiger partial charge in [-0.1, -0.05) is 113 Å². The van der Waals surface area contributed by atoms with E-state index in [0.717, 1.165) is 69.1 Å². The van der Waals surface area contributed by atoms with Crippen LogP contribution in [0.25, 0.3) is 10.9 Å². The Kier molecular flexibility index (Phi) is 57.0. The Hall–Kier alpha value is -13.1. The minimum Gasteiger partial charge on any atom is -0.481 e. The van der Waals surface area contributed by atoms with Crippen molar-refractivity contribution in [3.05, 3.63) is 90.1 Å². The van der Waals surface area contributed by atoms with Crippen LogP contribution in [0.15, 0.2) is 73.3 Å². The minimum absolute atomic E-state index is 0.0101. The number of imidazole rings is 1. The number of primary amides is 1. The molecule has 147 heavy (non-hydrogen) atoms. The second-order valence-corrected chi connectivity index (χ2v) is 37.2. The highest BCUT2D eigenvalue weighted by Gasteiger charge is 2.46. The first kappa shape index (κ1) is 123. The number of carboxylic acids is 4. The number of unbranched alkanes of at least 4 members (excludes halogenated alkanes) is 13. The van der Waals surface area contributed by atoms with Gasteiger partial charge in [-0.3, -0.25) is 101 Å². The normalized spacial score (nSPS) is 15.3. The fraction of sp³-hybridized carbons (Fsp3) is 0.619. The lowest BCUT2D eigenvalue weighted by molar-refractivity contribution is -0.148. The summed E-state index contributed by atoms with van der Waals surface area (Å²) in [5, 5.41) is 90.9. The zero-order valence-corrected chi connectivity index (χ0v) is 85.0. The van der Waals surface area contributed by atoms with Gasteiger partial charge in [-0.25, -0.2) is 4.98 Å². The van der Waals surface area contributed by atoms with Crippen molar-refractivity contribution in [2.75, 3.05) is 96.9 Å². The maximum absolute atomic E-state index is 15.2. The van der Waals surface area contributed by atoms with Crippen LogP contribution in [0.5, 0.6) is 0 Å². The Labute approximate surface area is 863 Å². The van der Waals surface area contributed by atoms with Crippen LogP contribution in [-0.2, 0) is 120 Å². The van der Waals surface area contributed by atoms with Crippen molar-refractivity contribution in [1.29, 1.82) is 5.41 Å². The number of nitrogens with zero attached hydrogens (tertiary/aromatic N) is 4. The van der Waals surface area contributed by atoms with Crippen molar-refractivity contribution in [2.45, 2.75) is 285 Å². The molecule has 2 aliphatic heterocycles. The lowest BCUT2D eigenvalue weighted by atomic mass is 10.0. The number of fused-ring (bicyclic) bond motifs is 1. The summed E-state index contributed by atoms with van der Waals surface area (Å²) in [6, 6.07) is -2.36. The third kappa shape index (κ3) is 47.1. The lowest BCUT2D eigenvalue weighted by Crippen LogP contribution is -2.61. The molecule has 6 rings (SSSR count). The zero-order valence-electron chi connectivity index (χ0n) is 83.2. The quantitative estimate of drug-likeness (QED) is 0.0112. The van der Waals surface area contributed by atoms with E-state index in [1.807, 2.05) is 0 Å².